The van der Waals surface area contributed by atoms with Gasteiger partial charge in [0.25, 0.3) is 0 Å². The Labute approximate surface area is 156 Å². The molecular weight excluding hydrogens is 352 g/mol. The van der Waals surface area contributed by atoms with Crippen LogP contribution in [0.15, 0.2) is 78.9 Å². The van der Waals surface area contributed by atoms with E-state index in [1.165, 1.54) is 0 Å². The number of hydrogen-bond acceptors (Lipinski definition) is 3. The number of anilines is 1. The van der Waals surface area contributed by atoms with Crippen LogP contribution in [0, 0.1) is 0 Å². The summed E-state index contributed by atoms with van der Waals surface area (Å²) in [6.07, 6.45) is 0. The van der Waals surface area contributed by atoms with Gasteiger partial charge in [0.15, 0.2) is 6.73 Å². The number of para-hydroxylation sites is 1. The fourth-order valence-corrected chi connectivity index (χ4v) is 2.25. The number of amides is 2. The van der Waals surface area contributed by atoms with Gasteiger partial charge in [0, 0.05) is 10.7 Å². The lowest BCUT2D eigenvalue weighted by Gasteiger charge is -2.10. The van der Waals surface area contributed by atoms with Crippen molar-refractivity contribution in [2.45, 2.75) is 0 Å². The van der Waals surface area contributed by atoms with E-state index in [2.05, 4.69) is 10.6 Å². The molecule has 0 radical (unpaired) electrons. The summed E-state index contributed by atoms with van der Waals surface area (Å²) in [5.74, 6) is 2.07. The number of carbonyl (C=O) groups excluding carboxylic acids is 1. The summed E-state index contributed by atoms with van der Waals surface area (Å²) in [5.41, 5.74) is 0.648. The first-order valence-electron chi connectivity index (χ1n) is 7.95. The third-order valence-electron chi connectivity index (χ3n) is 3.38. The van der Waals surface area contributed by atoms with Crippen LogP contribution in [0.25, 0.3) is 0 Å². The minimum atomic E-state index is -0.365. The zero-order chi connectivity index (χ0) is 18.2. The Balaban J connectivity index is 1.44. The van der Waals surface area contributed by atoms with Gasteiger partial charge < -0.3 is 20.1 Å². The number of nitrogens with one attached hydrogen (secondary N) is 2. The molecule has 0 bridgehead atoms. The molecule has 0 saturated heterocycles. The number of rotatable bonds is 6. The van der Waals surface area contributed by atoms with Crippen LogP contribution in [0.2, 0.25) is 5.02 Å². The van der Waals surface area contributed by atoms with Gasteiger partial charge in [-0.25, -0.2) is 4.79 Å². The van der Waals surface area contributed by atoms with Gasteiger partial charge in [-0.15, -0.1) is 0 Å². The molecule has 0 aromatic heterocycles. The Morgan fingerprint density at radius 1 is 0.808 bits per heavy atom. The molecule has 5 nitrogen and oxygen atoms in total. The van der Waals surface area contributed by atoms with Crippen molar-refractivity contribution in [3.8, 4) is 17.2 Å². The fraction of sp³-hybridized carbons (Fsp3) is 0.0500. The van der Waals surface area contributed by atoms with Gasteiger partial charge in [0.1, 0.15) is 17.2 Å². The van der Waals surface area contributed by atoms with Crippen molar-refractivity contribution in [1.82, 2.24) is 5.32 Å². The quantitative estimate of drug-likeness (QED) is 0.581. The molecule has 2 N–H and O–H groups in total. The monoisotopic (exact) mass is 368 g/mol. The number of urea groups is 1. The van der Waals surface area contributed by atoms with Gasteiger partial charge in [-0.2, -0.15) is 0 Å². The Morgan fingerprint density at radius 3 is 2.12 bits per heavy atom. The van der Waals surface area contributed by atoms with E-state index in [1.807, 2.05) is 30.3 Å². The molecule has 0 atom stereocenters. The Kier molecular flexibility index (Phi) is 5.96. The topological polar surface area (TPSA) is 59.6 Å². The first-order chi connectivity index (χ1) is 12.7. The smallest absolute Gasteiger partial charge is 0.321 e. The number of benzene rings is 3. The van der Waals surface area contributed by atoms with E-state index >= 15 is 0 Å². The molecular formula is C20H17ClN2O3. The molecule has 132 valence electrons. The largest absolute Gasteiger partial charge is 0.473 e. The van der Waals surface area contributed by atoms with Crippen molar-refractivity contribution in [3.05, 3.63) is 83.9 Å². The molecule has 0 spiro atoms. The van der Waals surface area contributed by atoms with E-state index in [4.69, 9.17) is 21.1 Å². The average Bonchev–Trinajstić information content (AvgIpc) is 2.66. The Morgan fingerprint density at radius 2 is 1.42 bits per heavy atom. The van der Waals surface area contributed by atoms with E-state index in [0.717, 1.165) is 5.75 Å². The highest BCUT2D eigenvalue weighted by molar-refractivity contribution is 6.30. The summed E-state index contributed by atoms with van der Waals surface area (Å²) in [7, 11) is 0. The van der Waals surface area contributed by atoms with Crippen LogP contribution in [0.5, 0.6) is 17.2 Å². The van der Waals surface area contributed by atoms with Crippen molar-refractivity contribution >= 4 is 23.3 Å². The van der Waals surface area contributed by atoms with E-state index in [0.29, 0.717) is 22.2 Å². The number of ether oxygens (including phenoxy) is 2. The molecule has 0 unspecified atom stereocenters. The van der Waals surface area contributed by atoms with Crippen molar-refractivity contribution in [1.29, 1.82) is 0 Å². The van der Waals surface area contributed by atoms with Crippen LogP contribution in [-0.4, -0.2) is 12.8 Å². The van der Waals surface area contributed by atoms with Crippen LogP contribution >= 0.6 is 11.6 Å². The number of hydrogen-bond donors (Lipinski definition) is 2. The molecule has 0 aliphatic heterocycles. The van der Waals surface area contributed by atoms with E-state index in [-0.39, 0.29) is 12.8 Å². The van der Waals surface area contributed by atoms with Gasteiger partial charge >= 0.3 is 6.03 Å². The lowest BCUT2D eigenvalue weighted by molar-refractivity contribution is 0.234. The second kappa shape index (κ2) is 8.78. The molecule has 26 heavy (non-hydrogen) atoms. The standard InChI is InChI=1S/C20H17ClN2O3/c21-15-6-10-17(11-7-15)25-14-22-20(24)23-16-8-12-19(13-9-16)26-18-4-2-1-3-5-18/h1-13H,14H2,(H2,22,23,24). The predicted molar refractivity (Wildman–Crippen MR) is 102 cm³/mol. The van der Waals surface area contributed by atoms with Gasteiger partial charge in [0.05, 0.1) is 0 Å². The highest BCUT2D eigenvalue weighted by atomic mass is 35.5. The molecule has 3 aromatic rings. The first kappa shape index (κ1) is 17.6. The molecule has 2 amide bonds. The van der Waals surface area contributed by atoms with Crippen LogP contribution in [0.3, 0.4) is 0 Å². The lowest BCUT2D eigenvalue weighted by Crippen LogP contribution is -2.31. The fourth-order valence-electron chi connectivity index (χ4n) is 2.12. The van der Waals surface area contributed by atoms with Crippen LogP contribution in [0.4, 0.5) is 10.5 Å². The molecule has 3 aromatic carbocycles. The number of carbonyl (C=O) groups is 1. The van der Waals surface area contributed by atoms with E-state index in [9.17, 15) is 4.79 Å². The van der Waals surface area contributed by atoms with Crippen molar-refractivity contribution in [2.75, 3.05) is 12.0 Å². The summed E-state index contributed by atoms with van der Waals surface area (Å²) >= 11 is 5.80. The Bertz CT molecular complexity index is 837. The van der Waals surface area contributed by atoms with E-state index in [1.54, 1.807) is 48.5 Å². The second-order valence-electron chi connectivity index (χ2n) is 5.31. The zero-order valence-corrected chi connectivity index (χ0v) is 14.6. The maximum absolute atomic E-state index is 11.9. The zero-order valence-electron chi connectivity index (χ0n) is 13.8. The van der Waals surface area contributed by atoms with Crippen LogP contribution < -0.4 is 20.1 Å². The maximum atomic E-state index is 11.9. The summed E-state index contributed by atoms with van der Waals surface area (Å²) < 4.78 is 11.1. The maximum Gasteiger partial charge on any atom is 0.321 e. The molecule has 0 aliphatic rings. The van der Waals surface area contributed by atoms with E-state index < -0.39 is 0 Å². The summed E-state index contributed by atoms with van der Waals surface area (Å²) in [6.45, 7) is 0.0443. The van der Waals surface area contributed by atoms with Gasteiger partial charge in [-0.1, -0.05) is 29.8 Å². The predicted octanol–water partition coefficient (Wildman–Crippen LogP) is 5.29. The molecule has 0 heterocycles. The first-order valence-corrected chi connectivity index (χ1v) is 8.33. The molecule has 6 heteroatoms. The molecule has 3 rings (SSSR count). The molecule has 0 saturated carbocycles. The Hall–Kier alpha value is -3.18. The van der Waals surface area contributed by atoms with Crippen molar-refractivity contribution < 1.29 is 14.3 Å². The summed E-state index contributed by atoms with van der Waals surface area (Å²) in [4.78, 5) is 11.9. The van der Waals surface area contributed by atoms with Crippen LogP contribution in [-0.2, 0) is 0 Å². The third-order valence-corrected chi connectivity index (χ3v) is 3.63. The lowest BCUT2D eigenvalue weighted by atomic mass is 10.3. The third kappa shape index (κ3) is 5.43. The molecule has 0 fully saturated rings. The SMILES string of the molecule is O=C(NCOc1ccc(Cl)cc1)Nc1ccc(Oc2ccccc2)cc1. The number of halogens is 1. The highest BCUT2D eigenvalue weighted by Crippen LogP contribution is 2.22. The highest BCUT2D eigenvalue weighted by Gasteiger charge is 2.03. The van der Waals surface area contributed by atoms with Gasteiger partial charge in [-0.3, -0.25) is 0 Å². The summed E-state index contributed by atoms with van der Waals surface area (Å²) in [5, 5.41) is 5.96. The molecule has 0 aliphatic carbocycles. The summed E-state index contributed by atoms with van der Waals surface area (Å²) in [6, 6.07) is 23.1. The minimum Gasteiger partial charge on any atom is -0.473 e. The van der Waals surface area contributed by atoms with Crippen molar-refractivity contribution in [2.24, 2.45) is 0 Å². The average molecular weight is 369 g/mol. The van der Waals surface area contributed by atoms with Gasteiger partial charge in [0.2, 0.25) is 0 Å². The normalized spacial score (nSPS) is 10.0. The minimum absolute atomic E-state index is 0.0443. The van der Waals surface area contributed by atoms with Crippen LogP contribution in [0.1, 0.15) is 0 Å². The van der Waals surface area contributed by atoms with Crippen molar-refractivity contribution in [3.63, 3.8) is 0 Å². The second-order valence-corrected chi connectivity index (χ2v) is 5.75. The van der Waals surface area contributed by atoms with Gasteiger partial charge in [-0.05, 0) is 60.7 Å².